The Balaban J connectivity index is 1.82. The zero-order chi connectivity index (χ0) is 17.2. The predicted molar refractivity (Wildman–Crippen MR) is 87.2 cm³/mol. The molecule has 0 amide bonds. The molecule has 7 heteroatoms. The van der Waals surface area contributed by atoms with Crippen molar-refractivity contribution < 1.29 is 22.3 Å². The topological polar surface area (TPSA) is 64.6 Å². The molecule has 0 aliphatic carbocycles. The van der Waals surface area contributed by atoms with E-state index in [2.05, 4.69) is 4.72 Å². The summed E-state index contributed by atoms with van der Waals surface area (Å²) in [4.78, 5) is 0.0979. The Morgan fingerprint density at radius 2 is 1.71 bits per heavy atom. The average molecular weight is 351 g/mol. The summed E-state index contributed by atoms with van der Waals surface area (Å²) in [6, 6.07) is 9.74. The SMILES string of the molecule is C[C@@H](NS(=O)(=O)c1ccc2c(c1)OCCCO2)c1ccc(F)cc1. The molecule has 24 heavy (non-hydrogen) atoms. The smallest absolute Gasteiger partial charge is 0.241 e. The van der Waals surface area contributed by atoms with Crippen molar-refractivity contribution in [3.8, 4) is 11.5 Å². The first-order chi connectivity index (χ1) is 11.5. The molecule has 0 spiro atoms. The molecule has 0 saturated heterocycles. The second-order valence-electron chi connectivity index (χ2n) is 5.55. The zero-order valence-electron chi connectivity index (χ0n) is 13.2. The van der Waals surface area contributed by atoms with Crippen LogP contribution in [0.1, 0.15) is 24.9 Å². The number of hydrogen-bond donors (Lipinski definition) is 1. The largest absolute Gasteiger partial charge is 0.490 e. The lowest BCUT2D eigenvalue weighted by Crippen LogP contribution is -2.26. The summed E-state index contributed by atoms with van der Waals surface area (Å²) >= 11 is 0. The van der Waals surface area contributed by atoms with E-state index in [9.17, 15) is 12.8 Å². The van der Waals surface area contributed by atoms with E-state index in [4.69, 9.17) is 9.47 Å². The van der Waals surface area contributed by atoms with Gasteiger partial charge in [-0.15, -0.1) is 0 Å². The highest BCUT2D eigenvalue weighted by atomic mass is 32.2. The van der Waals surface area contributed by atoms with Gasteiger partial charge in [0, 0.05) is 18.5 Å². The molecule has 0 aromatic heterocycles. The van der Waals surface area contributed by atoms with Gasteiger partial charge in [0.1, 0.15) is 5.82 Å². The number of sulfonamides is 1. The molecule has 1 heterocycles. The number of halogens is 1. The van der Waals surface area contributed by atoms with Crippen molar-refractivity contribution in [3.63, 3.8) is 0 Å². The van der Waals surface area contributed by atoms with Crippen molar-refractivity contribution in [2.75, 3.05) is 13.2 Å². The van der Waals surface area contributed by atoms with E-state index in [0.29, 0.717) is 30.3 Å². The molecule has 1 aliphatic heterocycles. The van der Waals surface area contributed by atoms with Crippen LogP contribution in [-0.2, 0) is 10.0 Å². The van der Waals surface area contributed by atoms with Gasteiger partial charge in [-0.05, 0) is 36.8 Å². The van der Waals surface area contributed by atoms with Crippen LogP contribution in [0, 0.1) is 5.82 Å². The fourth-order valence-electron chi connectivity index (χ4n) is 2.43. The highest BCUT2D eigenvalue weighted by Gasteiger charge is 2.21. The van der Waals surface area contributed by atoms with E-state index in [1.165, 1.54) is 24.3 Å². The first-order valence-corrected chi connectivity index (χ1v) is 9.11. The molecule has 1 aliphatic rings. The Morgan fingerprint density at radius 1 is 1.04 bits per heavy atom. The summed E-state index contributed by atoms with van der Waals surface area (Å²) in [7, 11) is -3.74. The summed E-state index contributed by atoms with van der Waals surface area (Å²) in [6.07, 6.45) is 0.747. The molecule has 1 N–H and O–H groups in total. The van der Waals surface area contributed by atoms with Crippen LogP contribution < -0.4 is 14.2 Å². The molecule has 0 radical (unpaired) electrons. The summed E-state index contributed by atoms with van der Waals surface area (Å²) in [6.45, 7) is 2.72. The van der Waals surface area contributed by atoms with Crippen LogP contribution in [0.25, 0.3) is 0 Å². The van der Waals surface area contributed by atoms with Crippen LogP contribution in [0.3, 0.4) is 0 Å². The third-order valence-corrected chi connectivity index (χ3v) is 5.27. The van der Waals surface area contributed by atoms with E-state index < -0.39 is 16.1 Å². The molecule has 0 fully saturated rings. The van der Waals surface area contributed by atoms with Gasteiger partial charge in [-0.2, -0.15) is 0 Å². The van der Waals surface area contributed by atoms with Crippen molar-refractivity contribution in [1.82, 2.24) is 4.72 Å². The van der Waals surface area contributed by atoms with Crippen molar-refractivity contribution >= 4 is 10.0 Å². The quantitative estimate of drug-likeness (QED) is 0.920. The van der Waals surface area contributed by atoms with E-state index in [1.54, 1.807) is 25.1 Å². The van der Waals surface area contributed by atoms with Crippen LogP contribution in [-0.4, -0.2) is 21.6 Å². The first-order valence-electron chi connectivity index (χ1n) is 7.63. The van der Waals surface area contributed by atoms with E-state index in [1.807, 2.05) is 0 Å². The summed E-state index contributed by atoms with van der Waals surface area (Å²) in [5, 5.41) is 0. The van der Waals surface area contributed by atoms with Crippen LogP contribution in [0.5, 0.6) is 11.5 Å². The van der Waals surface area contributed by atoms with Crippen LogP contribution in [0.2, 0.25) is 0 Å². The number of fused-ring (bicyclic) bond motifs is 1. The zero-order valence-corrected chi connectivity index (χ0v) is 14.0. The van der Waals surface area contributed by atoms with Crippen molar-refractivity contribution in [1.29, 1.82) is 0 Å². The molecule has 0 unspecified atom stereocenters. The third kappa shape index (κ3) is 3.68. The van der Waals surface area contributed by atoms with Gasteiger partial charge in [-0.1, -0.05) is 12.1 Å². The highest BCUT2D eigenvalue weighted by Crippen LogP contribution is 2.32. The minimum Gasteiger partial charge on any atom is -0.490 e. The lowest BCUT2D eigenvalue weighted by Gasteiger charge is -2.16. The molecule has 3 rings (SSSR count). The normalized spacial score (nSPS) is 15.6. The number of ether oxygens (including phenoxy) is 2. The van der Waals surface area contributed by atoms with Gasteiger partial charge in [0.15, 0.2) is 11.5 Å². The Hall–Kier alpha value is -2.12. The maximum absolute atomic E-state index is 13.0. The molecular weight excluding hydrogens is 333 g/mol. The van der Waals surface area contributed by atoms with E-state index >= 15 is 0 Å². The van der Waals surface area contributed by atoms with Gasteiger partial charge < -0.3 is 9.47 Å². The molecule has 128 valence electrons. The molecular formula is C17H18FNO4S. The molecule has 1 atom stereocenters. The van der Waals surface area contributed by atoms with Gasteiger partial charge in [0.05, 0.1) is 18.1 Å². The van der Waals surface area contributed by atoms with E-state index in [-0.39, 0.29) is 10.7 Å². The fourth-order valence-corrected chi connectivity index (χ4v) is 3.68. The van der Waals surface area contributed by atoms with Crippen molar-refractivity contribution in [3.05, 3.63) is 53.8 Å². The average Bonchev–Trinajstić information content (AvgIpc) is 2.79. The van der Waals surface area contributed by atoms with Crippen molar-refractivity contribution in [2.24, 2.45) is 0 Å². The number of hydrogen-bond acceptors (Lipinski definition) is 4. The monoisotopic (exact) mass is 351 g/mol. The van der Waals surface area contributed by atoms with Gasteiger partial charge in [0.2, 0.25) is 10.0 Å². The molecule has 2 aromatic rings. The molecule has 5 nitrogen and oxygen atoms in total. The number of rotatable bonds is 4. The predicted octanol–water partition coefficient (Wildman–Crippen LogP) is 3.03. The van der Waals surface area contributed by atoms with Gasteiger partial charge in [-0.3, -0.25) is 0 Å². The molecule has 2 aromatic carbocycles. The maximum atomic E-state index is 13.0. The summed E-state index contributed by atoms with van der Waals surface area (Å²) < 4.78 is 51.7. The second-order valence-corrected chi connectivity index (χ2v) is 7.27. The third-order valence-electron chi connectivity index (χ3n) is 3.73. The molecule has 0 bridgehead atoms. The van der Waals surface area contributed by atoms with Gasteiger partial charge in [-0.25, -0.2) is 17.5 Å². The molecule has 0 saturated carbocycles. The summed E-state index contributed by atoms with van der Waals surface area (Å²) in [5.41, 5.74) is 0.675. The van der Waals surface area contributed by atoms with Crippen molar-refractivity contribution in [2.45, 2.75) is 24.3 Å². The Kier molecular flexibility index (Phi) is 4.73. The number of nitrogens with one attached hydrogen (secondary N) is 1. The first kappa shape index (κ1) is 16.7. The Labute approximate surface area is 140 Å². The standard InChI is InChI=1S/C17H18FNO4S/c1-12(13-3-5-14(18)6-4-13)19-24(20,21)15-7-8-16-17(11-15)23-10-2-9-22-16/h3-8,11-12,19H,2,9-10H2,1H3/t12-/m1/s1. The minimum atomic E-state index is -3.74. The number of benzene rings is 2. The lowest BCUT2D eigenvalue weighted by molar-refractivity contribution is 0.297. The second kappa shape index (κ2) is 6.78. The van der Waals surface area contributed by atoms with Crippen LogP contribution in [0.4, 0.5) is 4.39 Å². The highest BCUT2D eigenvalue weighted by molar-refractivity contribution is 7.89. The van der Waals surface area contributed by atoms with E-state index in [0.717, 1.165) is 6.42 Å². The fraction of sp³-hybridized carbons (Fsp3) is 0.294. The Morgan fingerprint density at radius 3 is 2.42 bits per heavy atom. The summed E-state index contributed by atoms with van der Waals surface area (Å²) in [5.74, 6) is 0.597. The minimum absolute atomic E-state index is 0.0979. The lowest BCUT2D eigenvalue weighted by atomic mass is 10.1. The maximum Gasteiger partial charge on any atom is 0.241 e. The van der Waals surface area contributed by atoms with Crippen LogP contribution >= 0.6 is 0 Å². The van der Waals surface area contributed by atoms with Gasteiger partial charge in [0.25, 0.3) is 0 Å². The van der Waals surface area contributed by atoms with Crippen LogP contribution in [0.15, 0.2) is 47.4 Å². The Bertz CT molecular complexity index is 821. The van der Waals surface area contributed by atoms with Gasteiger partial charge >= 0.3 is 0 Å².